The number of hydrogen-bond donors (Lipinski definition) is 4. The predicted octanol–water partition coefficient (Wildman–Crippen LogP) is -1.25. The van der Waals surface area contributed by atoms with Crippen LogP contribution in [0.3, 0.4) is 0 Å². The second-order valence-electron chi connectivity index (χ2n) is 2.48. The Labute approximate surface area is 112 Å². The number of hydrogen-bond acceptors (Lipinski definition) is 4. The first-order valence-corrected chi connectivity index (χ1v) is 3.17. The van der Waals surface area contributed by atoms with E-state index >= 15 is 0 Å². The molecule has 0 radical (unpaired) electrons. The van der Waals surface area contributed by atoms with Crippen LogP contribution in [0.1, 0.15) is 12.8 Å². The van der Waals surface area contributed by atoms with E-state index in [1.807, 2.05) is 0 Å². The van der Waals surface area contributed by atoms with E-state index in [-0.39, 0.29) is 41.7 Å². The van der Waals surface area contributed by atoms with Crippen molar-refractivity contribution in [3.8, 4) is 0 Å². The zero-order valence-electron chi connectivity index (χ0n) is 6.93. The number of carbonyl (C=O) groups is 3. The van der Waals surface area contributed by atoms with Crippen LogP contribution in [-0.2, 0) is 14.4 Å². The van der Waals surface area contributed by atoms with E-state index in [1.54, 1.807) is 0 Å². The summed E-state index contributed by atoms with van der Waals surface area (Å²) in [6.07, 6.45) is -2.29. The van der Waals surface area contributed by atoms with Crippen LogP contribution < -0.4 is 0 Å². The number of carboxylic acids is 3. The van der Waals surface area contributed by atoms with Crippen LogP contribution in [-0.4, -0.2) is 43.9 Å². The van der Waals surface area contributed by atoms with Gasteiger partial charge < -0.3 is 20.4 Å². The molecule has 0 bridgehead atoms. The maximum atomic E-state index is 10.3. The van der Waals surface area contributed by atoms with Gasteiger partial charge in [0.25, 0.3) is 0 Å². The van der Waals surface area contributed by atoms with Crippen molar-refractivity contribution in [2.45, 2.75) is 18.4 Å². The van der Waals surface area contributed by atoms with Gasteiger partial charge in [0.1, 0.15) is 0 Å². The SMILES string of the molecule is O=C(O)CC(O)(CC(=O)O)C(=O)O.[Ce]. The molecule has 0 aromatic carbocycles. The van der Waals surface area contributed by atoms with Crippen LogP contribution in [0.4, 0.5) is 0 Å². The van der Waals surface area contributed by atoms with Crippen molar-refractivity contribution in [1.29, 1.82) is 0 Å². The third kappa shape index (κ3) is 5.47. The van der Waals surface area contributed by atoms with Crippen molar-refractivity contribution in [3.63, 3.8) is 0 Å². The molecule has 78 valence electrons. The summed E-state index contributed by atoms with van der Waals surface area (Å²) < 4.78 is 0. The molecule has 0 unspecified atom stereocenters. The first-order valence-electron chi connectivity index (χ1n) is 3.17. The minimum absolute atomic E-state index is 0. The minimum Gasteiger partial charge on any atom is -0.481 e. The van der Waals surface area contributed by atoms with Crippen LogP contribution in [0.25, 0.3) is 0 Å². The van der Waals surface area contributed by atoms with Gasteiger partial charge in [-0.2, -0.15) is 0 Å². The maximum Gasteiger partial charge on any atom is 0.336 e. The van der Waals surface area contributed by atoms with Crippen LogP contribution in [0.15, 0.2) is 0 Å². The zero-order chi connectivity index (χ0) is 10.6. The fourth-order valence-corrected chi connectivity index (χ4v) is 0.714. The van der Waals surface area contributed by atoms with Gasteiger partial charge in [-0.1, -0.05) is 0 Å². The van der Waals surface area contributed by atoms with Crippen LogP contribution >= 0.6 is 0 Å². The number of aliphatic hydroxyl groups is 1. The van der Waals surface area contributed by atoms with Crippen molar-refractivity contribution in [2.75, 3.05) is 0 Å². The Morgan fingerprint density at radius 1 is 0.929 bits per heavy atom. The molecule has 0 rings (SSSR count). The summed E-state index contributed by atoms with van der Waals surface area (Å²) in [7, 11) is 0. The van der Waals surface area contributed by atoms with Crippen molar-refractivity contribution in [2.24, 2.45) is 0 Å². The van der Waals surface area contributed by atoms with Gasteiger partial charge >= 0.3 is 17.9 Å². The largest absolute Gasteiger partial charge is 0.481 e. The van der Waals surface area contributed by atoms with E-state index in [2.05, 4.69) is 0 Å². The standard InChI is InChI=1S/C6H8O7.Ce/c7-3(8)1-6(13,5(11)12)2-4(9)10;/h13H,1-2H2,(H,7,8)(H,9,10)(H,11,12);. The Morgan fingerprint density at radius 2 is 1.21 bits per heavy atom. The molecule has 0 fully saturated rings. The second-order valence-corrected chi connectivity index (χ2v) is 2.48. The smallest absolute Gasteiger partial charge is 0.336 e. The molecule has 0 spiro atoms. The van der Waals surface area contributed by atoms with Gasteiger partial charge in [-0.15, -0.1) is 0 Å². The minimum atomic E-state index is -2.74. The first-order chi connectivity index (χ1) is 5.78. The Morgan fingerprint density at radius 3 is 1.36 bits per heavy atom. The van der Waals surface area contributed by atoms with E-state index in [0.29, 0.717) is 0 Å². The molecular weight excluding hydrogens is 324 g/mol. The Hall–Kier alpha value is -0.253. The van der Waals surface area contributed by atoms with Gasteiger partial charge in [-0.25, -0.2) is 4.79 Å². The van der Waals surface area contributed by atoms with Crippen molar-refractivity contribution in [1.82, 2.24) is 0 Å². The summed E-state index contributed by atoms with van der Waals surface area (Å²) in [5.41, 5.74) is -2.74. The molecule has 0 saturated carbocycles. The van der Waals surface area contributed by atoms with E-state index in [0.717, 1.165) is 0 Å². The fraction of sp³-hybridized carbons (Fsp3) is 0.500. The monoisotopic (exact) mass is 332 g/mol. The predicted molar refractivity (Wildman–Crippen MR) is 37.1 cm³/mol. The van der Waals surface area contributed by atoms with E-state index in [1.165, 1.54) is 0 Å². The molecule has 0 aliphatic heterocycles. The summed E-state index contributed by atoms with van der Waals surface area (Å²) in [5.74, 6) is -5.02. The molecule has 8 heteroatoms. The number of aliphatic carboxylic acids is 3. The second kappa shape index (κ2) is 6.27. The topological polar surface area (TPSA) is 132 Å². The normalized spacial score (nSPS) is 10.1. The van der Waals surface area contributed by atoms with E-state index in [9.17, 15) is 14.4 Å². The van der Waals surface area contributed by atoms with E-state index < -0.39 is 36.4 Å². The van der Waals surface area contributed by atoms with Gasteiger partial charge in [0, 0.05) is 41.7 Å². The Balaban J connectivity index is 0. The van der Waals surface area contributed by atoms with E-state index in [4.69, 9.17) is 20.4 Å². The van der Waals surface area contributed by atoms with Crippen LogP contribution in [0, 0.1) is 41.7 Å². The summed E-state index contributed by atoms with van der Waals surface area (Å²) in [6, 6.07) is 0. The van der Waals surface area contributed by atoms with Gasteiger partial charge in [0.05, 0.1) is 12.8 Å². The molecule has 0 saturated heterocycles. The summed E-state index contributed by atoms with van der Waals surface area (Å²) in [6.45, 7) is 0. The van der Waals surface area contributed by atoms with Gasteiger partial charge in [-0.05, 0) is 0 Å². The maximum absolute atomic E-state index is 10.3. The van der Waals surface area contributed by atoms with Gasteiger partial charge in [-0.3, -0.25) is 9.59 Å². The summed E-state index contributed by atoms with van der Waals surface area (Å²) >= 11 is 0. The average molecular weight is 332 g/mol. The summed E-state index contributed by atoms with van der Waals surface area (Å²) in [4.78, 5) is 30.5. The molecule has 0 aliphatic carbocycles. The molecular formula is C6H8CeO7. The molecule has 14 heavy (non-hydrogen) atoms. The first kappa shape index (κ1) is 16.2. The van der Waals surface area contributed by atoms with Crippen molar-refractivity contribution < 1.29 is 76.6 Å². The third-order valence-electron chi connectivity index (χ3n) is 1.29. The number of rotatable bonds is 5. The van der Waals surface area contributed by atoms with Crippen LogP contribution in [0.2, 0.25) is 0 Å². The van der Waals surface area contributed by atoms with Crippen molar-refractivity contribution in [3.05, 3.63) is 0 Å². The molecule has 0 aliphatic rings. The molecule has 0 atom stereocenters. The summed E-state index contributed by atoms with van der Waals surface area (Å²) in [5, 5.41) is 33.8. The quantitative estimate of drug-likeness (QED) is 0.494. The Bertz CT molecular complexity index is 233. The third-order valence-corrected chi connectivity index (χ3v) is 1.29. The molecule has 7 nitrogen and oxygen atoms in total. The molecule has 0 amide bonds. The molecule has 4 N–H and O–H groups in total. The van der Waals surface area contributed by atoms with Gasteiger partial charge in [0.15, 0.2) is 5.60 Å². The van der Waals surface area contributed by atoms with Gasteiger partial charge in [0.2, 0.25) is 0 Å². The molecule has 0 aromatic heterocycles. The average Bonchev–Trinajstić information content (AvgIpc) is 1.82. The zero-order valence-corrected chi connectivity index (χ0v) is 10.1. The fourth-order valence-electron chi connectivity index (χ4n) is 0.714. The molecule has 0 heterocycles. The number of carboxylic acid groups (broad SMARTS) is 3. The van der Waals surface area contributed by atoms with Crippen LogP contribution in [0.5, 0.6) is 0 Å². The van der Waals surface area contributed by atoms with Crippen molar-refractivity contribution >= 4 is 17.9 Å². The Kier molecular flexibility index (Phi) is 7.25. The molecule has 0 aromatic rings.